The molecular formula is C21H21NO2-2. The summed E-state index contributed by atoms with van der Waals surface area (Å²) < 4.78 is 0. The Morgan fingerprint density at radius 1 is 0.708 bits per heavy atom. The maximum atomic E-state index is 12.6. The lowest BCUT2D eigenvalue weighted by molar-refractivity contribution is -0.316. The summed E-state index contributed by atoms with van der Waals surface area (Å²) in [6, 6.07) is 11.5. The minimum absolute atomic E-state index is 0.149. The molecule has 0 saturated carbocycles. The van der Waals surface area contributed by atoms with Gasteiger partial charge in [0, 0.05) is 19.8 Å². The number of anilines is 1. The van der Waals surface area contributed by atoms with E-state index in [9.17, 15) is 10.2 Å². The molecule has 24 heavy (non-hydrogen) atoms. The van der Waals surface area contributed by atoms with Gasteiger partial charge in [0.15, 0.2) is 0 Å². The SMILES string of the molecule is Cc1cc(C)c(C2=C([O-])C(c3ccc(N(C)C)cc3)=C2[O-])cc1C. The van der Waals surface area contributed by atoms with Crippen molar-refractivity contribution in [1.29, 1.82) is 0 Å². The van der Waals surface area contributed by atoms with Crippen LogP contribution in [-0.2, 0) is 0 Å². The Morgan fingerprint density at radius 3 is 1.79 bits per heavy atom. The molecule has 1 aliphatic rings. The van der Waals surface area contributed by atoms with Crippen LogP contribution in [0.1, 0.15) is 27.8 Å². The molecule has 0 aliphatic heterocycles. The highest BCUT2D eigenvalue weighted by molar-refractivity contribution is 6.06. The van der Waals surface area contributed by atoms with Crippen molar-refractivity contribution < 1.29 is 10.2 Å². The first-order valence-electron chi connectivity index (χ1n) is 8.00. The summed E-state index contributed by atoms with van der Waals surface area (Å²) in [5.74, 6) is -0.298. The molecule has 0 fully saturated rings. The van der Waals surface area contributed by atoms with Gasteiger partial charge >= 0.3 is 0 Å². The smallest absolute Gasteiger partial charge is 0.0361 e. The van der Waals surface area contributed by atoms with Crippen LogP contribution in [0.25, 0.3) is 11.1 Å². The van der Waals surface area contributed by atoms with Gasteiger partial charge in [0.25, 0.3) is 0 Å². The van der Waals surface area contributed by atoms with Crippen molar-refractivity contribution in [3.63, 3.8) is 0 Å². The first-order chi connectivity index (χ1) is 11.3. The van der Waals surface area contributed by atoms with Gasteiger partial charge in [0.1, 0.15) is 0 Å². The van der Waals surface area contributed by atoms with E-state index >= 15 is 0 Å². The molecular weight excluding hydrogens is 298 g/mol. The summed E-state index contributed by atoms with van der Waals surface area (Å²) in [7, 11) is 3.91. The van der Waals surface area contributed by atoms with Crippen LogP contribution in [0.15, 0.2) is 47.9 Å². The summed E-state index contributed by atoms with van der Waals surface area (Å²) in [6.45, 7) is 5.97. The monoisotopic (exact) mass is 319 g/mol. The van der Waals surface area contributed by atoms with Crippen molar-refractivity contribution in [2.24, 2.45) is 0 Å². The van der Waals surface area contributed by atoms with E-state index < -0.39 is 0 Å². The highest BCUT2D eigenvalue weighted by Gasteiger charge is 2.20. The molecule has 0 aromatic heterocycles. The molecule has 3 rings (SSSR count). The second-order valence-electron chi connectivity index (χ2n) is 6.60. The van der Waals surface area contributed by atoms with Gasteiger partial charge in [-0.2, -0.15) is 0 Å². The summed E-state index contributed by atoms with van der Waals surface area (Å²) >= 11 is 0. The summed E-state index contributed by atoms with van der Waals surface area (Å²) in [5.41, 5.74) is 6.34. The largest absolute Gasteiger partial charge is 0.872 e. The van der Waals surface area contributed by atoms with Gasteiger partial charge in [-0.25, -0.2) is 0 Å². The average Bonchev–Trinajstić information content (AvgIpc) is 2.53. The number of benzene rings is 2. The Labute approximate surface area is 143 Å². The van der Waals surface area contributed by atoms with E-state index in [1.54, 1.807) is 0 Å². The average molecular weight is 319 g/mol. The minimum Gasteiger partial charge on any atom is -0.872 e. The van der Waals surface area contributed by atoms with Gasteiger partial charge in [-0.05, 0) is 71.9 Å². The molecule has 0 radical (unpaired) electrons. The Hall–Kier alpha value is -2.68. The van der Waals surface area contributed by atoms with Crippen molar-refractivity contribution in [2.45, 2.75) is 20.8 Å². The van der Waals surface area contributed by atoms with Crippen LogP contribution in [0, 0.1) is 20.8 Å². The molecule has 3 nitrogen and oxygen atoms in total. The fourth-order valence-electron chi connectivity index (χ4n) is 3.06. The van der Waals surface area contributed by atoms with Gasteiger partial charge in [0.05, 0.1) is 0 Å². The lowest BCUT2D eigenvalue weighted by Crippen LogP contribution is -2.27. The number of hydrogen-bond acceptors (Lipinski definition) is 3. The molecule has 2 aromatic rings. The van der Waals surface area contributed by atoms with Gasteiger partial charge < -0.3 is 15.1 Å². The highest BCUT2D eigenvalue weighted by Crippen LogP contribution is 2.43. The molecule has 0 atom stereocenters. The van der Waals surface area contributed by atoms with Crippen LogP contribution in [0.5, 0.6) is 0 Å². The summed E-state index contributed by atoms with van der Waals surface area (Å²) in [6.07, 6.45) is 0. The third-order valence-electron chi connectivity index (χ3n) is 4.69. The molecule has 2 aromatic carbocycles. The highest BCUT2D eigenvalue weighted by atomic mass is 16.3. The topological polar surface area (TPSA) is 49.4 Å². The molecule has 0 N–H and O–H groups in total. The minimum atomic E-state index is -0.149. The van der Waals surface area contributed by atoms with Crippen LogP contribution >= 0.6 is 0 Å². The molecule has 0 amide bonds. The molecule has 0 bridgehead atoms. The molecule has 0 spiro atoms. The second kappa shape index (κ2) is 5.75. The molecule has 0 heterocycles. The van der Waals surface area contributed by atoms with E-state index in [4.69, 9.17) is 0 Å². The molecule has 0 unspecified atom stereocenters. The van der Waals surface area contributed by atoms with Crippen LogP contribution in [0.3, 0.4) is 0 Å². The lowest BCUT2D eigenvalue weighted by atomic mass is 9.82. The Balaban J connectivity index is 1.99. The van der Waals surface area contributed by atoms with E-state index in [1.807, 2.05) is 76.2 Å². The van der Waals surface area contributed by atoms with E-state index in [0.29, 0.717) is 16.7 Å². The predicted octanol–water partition coefficient (Wildman–Crippen LogP) is 2.53. The number of allylic oxidation sites excluding steroid dienone is 2. The van der Waals surface area contributed by atoms with Gasteiger partial charge in [-0.3, -0.25) is 0 Å². The standard InChI is InChI=1S/C21H23NO2/c1-12-10-14(3)17(11-13(12)2)19-20(23)18(21(19)24)15-6-8-16(9-7-15)22(4)5/h6-11,23-24H,1-5H3/p-2. The second-order valence-corrected chi connectivity index (χ2v) is 6.60. The van der Waals surface area contributed by atoms with Crippen LogP contribution in [-0.4, -0.2) is 14.1 Å². The fraction of sp³-hybridized carbons (Fsp3) is 0.238. The quantitative estimate of drug-likeness (QED) is 0.873. The van der Waals surface area contributed by atoms with Crippen molar-refractivity contribution >= 4 is 16.8 Å². The molecule has 124 valence electrons. The van der Waals surface area contributed by atoms with Gasteiger partial charge in [0.2, 0.25) is 0 Å². The van der Waals surface area contributed by atoms with Gasteiger partial charge in [-0.1, -0.05) is 35.8 Å². The molecule has 1 aliphatic carbocycles. The first-order valence-corrected chi connectivity index (χ1v) is 8.00. The number of rotatable bonds is 3. The maximum Gasteiger partial charge on any atom is 0.0361 e. The zero-order valence-corrected chi connectivity index (χ0v) is 14.7. The molecule has 3 heteroatoms. The van der Waals surface area contributed by atoms with Crippen molar-refractivity contribution in [3.05, 3.63) is 75.7 Å². The third kappa shape index (κ3) is 2.46. The van der Waals surface area contributed by atoms with E-state index in [0.717, 1.165) is 22.4 Å². The maximum absolute atomic E-state index is 12.6. The predicted molar refractivity (Wildman–Crippen MR) is 95.3 cm³/mol. The molecule has 0 saturated heterocycles. The van der Waals surface area contributed by atoms with Crippen molar-refractivity contribution in [3.8, 4) is 0 Å². The Kier molecular flexibility index (Phi) is 3.88. The van der Waals surface area contributed by atoms with Crippen molar-refractivity contribution in [2.75, 3.05) is 19.0 Å². The zero-order valence-electron chi connectivity index (χ0n) is 14.7. The van der Waals surface area contributed by atoms with Gasteiger partial charge in [-0.15, -0.1) is 0 Å². The van der Waals surface area contributed by atoms with E-state index in [-0.39, 0.29) is 11.5 Å². The summed E-state index contributed by atoms with van der Waals surface area (Å²) in [4.78, 5) is 1.98. The van der Waals surface area contributed by atoms with Crippen LogP contribution in [0.2, 0.25) is 0 Å². The Morgan fingerprint density at radius 2 is 1.25 bits per heavy atom. The normalized spacial score (nSPS) is 14.0. The third-order valence-corrected chi connectivity index (χ3v) is 4.69. The first kappa shape index (κ1) is 16.2. The van der Waals surface area contributed by atoms with Crippen LogP contribution < -0.4 is 15.1 Å². The van der Waals surface area contributed by atoms with E-state index in [2.05, 4.69) is 0 Å². The number of aryl methyl sites for hydroxylation is 3. The number of hydrogen-bond donors (Lipinski definition) is 0. The van der Waals surface area contributed by atoms with Crippen molar-refractivity contribution in [1.82, 2.24) is 0 Å². The zero-order chi connectivity index (χ0) is 17.6. The Bertz CT molecular complexity index is 871. The fourth-order valence-corrected chi connectivity index (χ4v) is 3.06. The lowest BCUT2D eigenvalue weighted by Gasteiger charge is -2.40. The van der Waals surface area contributed by atoms with E-state index in [1.165, 1.54) is 5.56 Å². The van der Waals surface area contributed by atoms with Crippen LogP contribution in [0.4, 0.5) is 5.69 Å². The summed E-state index contributed by atoms with van der Waals surface area (Å²) in [5, 5.41) is 25.3. The number of nitrogens with zero attached hydrogens (tertiary/aromatic N) is 1.